The standard InChI is InChI=1S/C20H20ClF3N6/c1-12-11-30(5-4-26-12)19-14(20(22,23)24)9-25-10-18(19)29-8-13-6-16-17(7-15(13)21)28-3-2-27-16/h2-3,6-7,9-10,12,26,29H,4-5,8,11H2,1H3/t12-/m0/s1. The second-order valence-electron chi connectivity index (χ2n) is 7.22. The number of benzene rings is 1. The van der Waals surface area contributed by atoms with Crippen molar-refractivity contribution in [2.75, 3.05) is 29.9 Å². The van der Waals surface area contributed by atoms with E-state index in [9.17, 15) is 13.2 Å². The van der Waals surface area contributed by atoms with Gasteiger partial charge in [0, 0.05) is 55.8 Å². The maximum absolute atomic E-state index is 13.7. The van der Waals surface area contributed by atoms with Crippen molar-refractivity contribution in [2.45, 2.75) is 25.7 Å². The van der Waals surface area contributed by atoms with Gasteiger partial charge in [0.2, 0.25) is 0 Å². The molecule has 0 radical (unpaired) electrons. The van der Waals surface area contributed by atoms with E-state index in [-0.39, 0.29) is 18.3 Å². The largest absolute Gasteiger partial charge is 0.419 e. The van der Waals surface area contributed by atoms with Crippen LogP contribution in [0.3, 0.4) is 0 Å². The molecule has 0 spiro atoms. The maximum Gasteiger partial charge on any atom is 0.419 e. The molecule has 30 heavy (non-hydrogen) atoms. The number of anilines is 2. The van der Waals surface area contributed by atoms with Gasteiger partial charge in [0.1, 0.15) is 0 Å². The number of alkyl halides is 3. The Hall–Kier alpha value is -2.65. The van der Waals surface area contributed by atoms with Gasteiger partial charge in [-0.15, -0.1) is 0 Å². The summed E-state index contributed by atoms with van der Waals surface area (Å²) in [5, 5.41) is 6.82. The SMILES string of the molecule is C[C@H]1CN(c2c(NCc3cc4nccnc4cc3Cl)cncc2C(F)(F)F)CCN1. The van der Waals surface area contributed by atoms with Crippen LogP contribution in [-0.4, -0.2) is 40.6 Å². The Morgan fingerprint density at radius 3 is 2.63 bits per heavy atom. The number of hydrogen-bond donors (Lipinski definition) is 2. The molecule has 1 saturated heterocycles. The number of nitrogens with one attached hydrogen (secondary N) is 2. The topological polar surface area (TPSA) is 66.0 Å². The predicted octanol–water partition coefficient (Wildman–Crippen LogP) is 4.11. The lowest BCUT2D eigenvalue weighted by Gasteiger charge is -2.36. The fourth-order valence-corrected chi connectivity index (χ4v) is 3.85. The van der Waals surface area contributed by atoms with Crippen molar-refractivity contribution in [3.8, 4) is 0 Å². The zero-order chi connectivity index (χ0) is 21.3. The molecule has 6 nitrogen and oxygen atoms in total. The Bertz CT molecular complexity index is 1060. The van der Waals surface area contributed by atoms with Crippen LogP contribution in [0.4, 0.5) is 24.5 Å². The van der Waals surface area contributed by atoms with Gasteiger partial charge in [-0.25, -0.2) is 0 Å². The van der Waals surface area contributed by atoms with Crippen molar-refractivity contribution < 1.29 is 13.2 Å². The molecular formula is C20H20ClF3N6. The van der Waals surface area contributed by atoms with Crippen molar-refractivity contribution in [3.63, 3.8) is 0 Å². The van der Waals surface area contributed by atoms with E-state index in [1.54, 1.807) is 29.4 Å². The number of piperazine rings is 1. The smallest absolute Gasteiger partial charge is 0.378 e. The molecule has 1 aromatic carbocycles. The molecule has 4 rings (SSSR count). The molecule has 1 atom stereocenters. The van der Waals surface area contributed by atoms with Gasteiger partial charge >= 0.3 is 6.18 Å². The number of halogens is 4. The van der Waals surface area contributed by atoms with E-state index >= 15 is 0 Å². The molecule has 1 aliphatic heterocycles. The summed E-state index contributed by atoms with van der Waals surface area (Å²) in [6, 6.07) is 3.56. The summed E-state index contributed by atoms with van der Waals surface area (Å²) >= 11 is 6.36. The van der Waals surface area contributed by atoms with E-state index in [0.717, 1.165) is 6.20 Å². The summed E-state index contributed by atoms with van der Waals surface area (Å²) in [5.74, 6) is 0. The lowest BCUT2D eigenvalue weighted by molar-refractivity contribution is -0.137. The van der Waals surface area contributed by atoms with Crippen molar-refractivity contribution in [3.05, 3.63) is 53.1 Å². The van der Waals surface area contributed by atoms with Crippen LogP contribution in [0, 0.1) is 0 Å². The molecule has 158 valence electrons. The van der Waals surface area contributed by atoms with Crippen molar-refractivity contribution in [2.24, 2.45) is 0 Å². The van der Waals surface area contributed by atoms with Gasteiger partial charge in [-0.3, -0.25) is 15.0 Å². The summed E-state index contributed by atoms with van der Waals surface area (Å²) in [4.78, 5) is 14.0. The molecule has 3 heterocycles. The lowest BCUT2D eigenvalue weighted by atomic mass is 10.1. The van der Waals surface area contributed by atoms with Gasteiger partial charge in [-0.2, -0.15) is 13.2 Å². The summed E-state index contributed by atoms with van der Waals surface area (Å²) in [6.07, 6.45) is 0.946. The third kappa shape index (κ3) is 4.27. The van der Waals surface area contributed by atoms with Crippen LogP contribution >= 0.6 is 11.6 Å². The van der Waals surface area contributed by atoms with Crippen LogP contribution in [0.5, 0.6) is 0 Å². The zero-order valence-electron chi connectivity index (χ0n) is 16.2. The Morgan fingerprint density at radius 2 is 1.93 bits per heavy atom. The minimum Gasteiger partial charge on any atom is -0.378 e. The van der Waals surface area contributed by atoms with Crippen molar-refractivity contribution >= 4 is 34.0 Å². The Morgan fingerprint density at radius 1 is 1.20 bits per heavy atom. The van der Waals surface area contributed by atoms with Crippen LogP contribution in [-0.2, 0) is 12.7 Å². The van der Waals surface area contributed by atoms with Crippen LogP contribution in [0.15, 0.2) is 36.9 Å². The molecule has 2 aromatic heterocycles. The van der Waals surface area contributed by atoms with Crippen LogP contribution in [0.2, 0.25) is 5.02 Å². The maximum atomic E-state index is 13.7. The molecule has 0 unspecified atom stereocenters. The molecular weight excluding hydrogens is 417 g/mol. The van der Waals surface area contributed by atoms with E-state index in [1.807, 2.05) is 6.92 Å². The number of fused-ring (bicyclic) bond motifs is 1. The second-order valence-corrected chi connectivity index (χ2v) is 7.63. The van der Waals surface area contributed by atoms with Gasteiger partial charge in [-0.05, 0) is 24.6 Å². The van der Waals surface area contributed by atoms with Gasteiger partial charge < -0.3 is 15.5 Å². The normalized spacial score (nSPS) is 17.4. The molecule has 1 fully saturated rings. The number of hydrogen-bond acceptors (Lipinski definition) is 6. The third-order valence-corrected chi connectivity index (χ3v) is 5.37. The van der Waals surface area contributed by atoms with Crippen LogP contribution < -0.4 is 15.5 Å². The highest BCUT2D eigenvalue weighted by Gasteiger charge is 2.37. The van der Waals surface area contributed by atoms with E-state index in [0.29, 0.717) is 46.9 Å². The van der Waals surface area contributed by atoms with Crippen LogP contribution in [0.25, 0.3) is 11.0 Å². The summed E-state index contributed by atoms with van der Waals surface area (Å²) in [7, 11) is 0. The average Bonchev–Trinajstić information content (AvgIpc) is 2.71. The minimum atomic E-state index is -4.51. The first kappa shape index (κ1) is 20.6. The summed E-state index contributed by atoms with van der Waals surface area (Å²) in [6.45, 7) is 3.72. The first-order valence-corrected chi connectivity index (χ1v) is 9.87. The van der Waals surface area contributed by atoms with Gasteiger partial charge in [0.25, 0.3) is 0 Å². The van der Waals surface area contributed by atoms with E-state index in [4.69, 9.17) is 11.6 Å². The average molecular weight is 437 g/mol. The highest BCUT2D eigenvalue weighted by atomic mass is 35.5. The van der Waals surface area contributed by atoms with Crippen LogP contribution in [0.1, 0.15) is 18.1 Å². The number of rotatable bonds is 4. The predicted molar refractivity (Wildman–Crippen MR) is 111 cm³/mol. The third-order valence-electron chi connectivity index (χ3n) is 5.01. The molecule has 0 amide bonds. The van der Waals surface area contributed by atoms with E-state index in [2.05, 4.69) is 25.6 Å². The first-order valence-electron chi connectivity index (χ1n) is 9.49. The Kier molecular flexibility index (Phi) is 5.66. The van der Waals surface area contributed by atoms with Crippen molar-refractivity contribution in [1.82, 2.24) is 20.3 Å². The fourth-order valence-electron chi connectivity index (χ4n) is 3.62. The summed E-state index contributed by atoms with van der Waals surface area (Å²) < 4.78 is 41.2. The van der Waals surface area contributed by atoms with E-state index < -0.39 is 11.7 Å². The molecule has 0 saturated carbocycles. The zero-order valence-corrected chi connectivity index (χ0v) is 16.9. The lowest BCUT2D eigenvalue weighted by Crippen LogP contribution is -2.50. The Balaban J connectivity index is 1.68. The Labute approximate surface area is 176 Å². The van der Waals surface area contributed by atoms with Crippen molar-refractivity contribution in [1.29, 1.82) is 0 Å². The fraction of sp³-hybridized carbons (Fsp3) is 0.350. The highest BCUT2D eigenvalue weighted by Crippen LogP contribution is 2.41. The molecule has 1 aliphatic rings. The second kappa shape index (κ2) is 8.23. The molecule has 0 aliphatic carbocycles. The van der Waals surface area contributed by atoms with Gasteiger partial charge in [-0.1, -0.05) is 11.6 Å². The summed E-state index contributed by atoms with van der Waals surface area (Å²) in [5.41, 5.74) is 1.70. The van der Waals surface area contributed by atoms with Gasteiger partial charge in [0.15, 0.2) is 0 Å². The molecule has 3 aromatic rings. The molecule has 2 N–H and O–H groups in total. The number of nitrogens with zero attached hydrogens (tertiary/aromatic N) is 4. The number of aromatic nitrogens is 3. The quantitative estimate of drug-likeness (QED) is 0.641. The monoisotopic (exact) mass is 436 g/mol. The number of pyridine rings is 1. The van der Waals surface area contributed by atoms with Gasteiger partial charge in [0.05, 0.1) is 34.2 Å². The minimum absolute atomic E-state index is 0.0781. The molecule has 10 heteroatoms. The molecule has 0 bridgehead atoms. The highest BCUT2D eigenvalue weighted by molar-refractivity contribution is 6.32. The first-order chi connectivity index (χ1) is 14.3. The van der Waals surface area contributed by atoms with E-state index in [1.165, 1.54) is 6.20 Å².